The molecule has 0 unspecified atom stereocenters. The van der Waals surface area contributed by atoms with E-state index >= 15 is 0 Å². The van der Waals surface area contributed by atoms with Crippen molar-refractivity contribution in [3.8, 4) is 17.4 Å². The third kappa shape index (κ3) is 4.27. The van der Waals surface area contributed by atoms with Gasteiger partial charge in [0.15, 0.2) is 0 Å². The summed E-state index contributed by atoms with van der Waals surface area (Å²) in [6.07, 6.45) is 2.89. The monoisotopic (exact) mass is 450 g/mol. The largest absolute Gasteiger partial charge is 0.462 e. The van der Waals surface area contributed by atoms with Gasteiger partial charge in [-0.05, 0) is 55.8 Å². The van der Waals surface area contributed by atoms with Crippen LogP contribution in [-0.4, -0.2) is 35.8 Å². The molecule has 32 heavy (non-hydrogen) atoms. The number of rotatable bonds is 6. The average Bonchev–Trinajstić information content (AvgIpc) is 3.24. The first-order valence-corrected chi connectivity index (χ1v) is 10.1. The molecule has 0 atom stereocenters. The fraction of sp³-hybridized carbons (Fsp3) is 0.167. The Bertz CT molecular complexity index is 1230. The molecule has 0 aliphatic carbocycles. The van der Waals surface area contributed by atoms with Crippen molar-refractivity contribution in [3.05, 3.63) is 76.1 Å². The minimum Gasteiger partial charge on any atom is -0.462 e. The topological polar surface area (TPSA) is 101 Å². The summed E-state index contributed by atoms with van der Waals surface area (Å²) in [7, 11) is 0. The molecule has 1 aliphatic rings. The Hall–Kier alpha value is -3.89. The fourth-order valence-corrected chi connectivity index (χ4v) is 3.39. The van der Waals surface area contributed by atoms with Crippen molar-refractivity contribution >= 4 is 35.5 Å². The van der Waals surface area contributed by atoms with Gasteiger partial charge in [0.25, 0.3) is 11.8 Å². The second-order valence-electron chi connectivity index (χ2n) is 6.80. The second kappa shape index (κ2) is 9.50. The lowest BCUT2D eigenvalue weighted by Gasteiger charge is -2.26. The Balaban J connectivity index is 2.01. The Labute approximate surface area is 189 Å². The van der Waals surface area contributed by atoms with Crippen LogP contribution in [0.15, 0.2) is 64.1 Å². The van der Waals surface area contributed by atoms with E-state index in [0.717, 1.165) is 4.90 Å². The van der Waals surface area contributed by atoms with E-state index in [0.29, 0.717) is 17.1 Å². The van der Waals surface area contributed by atoms with E-state index in [1.165, 1.54) is 12.2 Å². The van der Waals surface area contributed by atoms with Crippen molar-refractivity contribution in [3.63, 3.8) is 0 Å². The molecule has 1 aromatic carbocycles. The minimum atomic E-state index is -0.653. The zero-order chi connectivity index (χ0) is 23.4. The number of nitrogens with zero attached hydrogens (tertiary/aromatic N) is 2. The molecule has 0 bridgehead atoms. The molecule has 0 fully saturated rings. The van der Waals surface area contributed by atoms with Crippen LogP contribution in [0.4, 0.5) is 0 Å². The highest BCUT2D eigenvalue weighted by Gasteiger charge is 2.34. The van der Waals surface area contributed by atoms with Gasteiger partial charge in [0.1, 0.15) is 23.2 Å². The number of hydrogen-bond donors (Lipinski definition) is 0. The maximum atomic E-state index is 12.8. The molecule has 1 aliphatic heterocycles. The van der Waals surface area contributed by atoms with E-state index in [4.69, 9.17) is 20.8 Å². The van der Waals surface area contributed by atoms with Crippen molar-refractivity contribution in [2.24, 2.45) is 0 Å². The molecular formula is C24H19ClN2O5. The molecule has 3 rings (SSSR count). The fourth-order valence-electron chi connectivity index (χ4n) is 3.20. The number of furan rings is 1. The van der Waals surface area contributed by atoms with E-state index < -0.39 is 17.8 Å². The highest BCUT2D eigenvalue weighted by atomic mass is 35.5. The van der Waals surface area contributed by atoms with Gasteiger partial charge in [0.05, 0.1) is 17.2 Å². The maximum absolute atomic E-state index is 12.8. The Morgan fingerprint density at radius 3 is 2.69 bits per heavy atom. The first-order chi connectivity index (χ1) is 15.3. The van der Waals surface area contributed by atoms with Gasteiger partial charge in [-0.15, -0.1) is 6.58 Å². The summed E-state index contributed by atoms with van der Waals surface area (Å²) < 4.78 is 10.9. The van der Waals surface area contributed by atoms with E-state index in [2.05, 4.69) is 6.58 Å². The average molecular weight is 451 g/mol. The van der Waals surface area contributed by atoms with E-state index in [-0.39, 0.29) is 40.5 Å². The van der Waals surface area contributed by atoms with Crippen LogP contribution in [0, 0.1) is 11.3 Å². The van der Waals surface area contributed by atoms with Crippen molar-refractivity contribution < 1.29 is 23.5 Å². The minimum absolute atomic E-state index is 0.0156. The van der Waals surface area contributed by atoms with Gasteiger partial charge in [-0.25, -0.2) is 4.79 Å². The molecule has 7 nitrogen and oxygen atoms in total. The molecular weight excluding hydrogens is 432 g/mol. The number of halogens is 1. The summed E-state index contributed by atoms with van der Waals surface area (Å²) in [6, 6.07) is 10.0. The third-order valence-electron chi connectivity index (χ3n) is 4.80. The van der Waals surface area contributed by atoms with Crippen LogP contribution in [0.3, 0.4) is 0 Å². The number of nitriles is 1. The predicted octanol–water partition coefficient (Wildman–Crippen LogP) is 4.55. The lowest BCUT2D eigenvalue weighted by Crippen LogP contribution is -2.42. The van der Waals surface area contributed by atoms with Gasteiger partial charge in [-0.2, -0.15) is 5.26 Å². The number of esters is 1. The van der Waals surface area contributed by atoms with Crippen LogP contribution in [0.25, 0.3) is 17.4 Å². The molecule has 0 radical (unpaired) electrons. The van der Waals surface area contributed by atoms with Crippen LogP contribution in [-0.2, 0) is 14.3 Å². The van der Waals surface area contributed by atoms with Gasteiger partial charge in [-0.3, -0.25) is 14.5 Å². The SMILES string of the molecule is C=CCN1C(=O)C(=Cc2ccc(-c3ccc(Cl)c(C(=O)OCC)c3)o2)C(C)=C(C#N)C1=O. The highest BCUT2D eigenvalue weighted by molar-refractivity contribution is 6.33. The molecule has 0 saturated heterocycles. The number of carbonyl (C=O) groups excluding carboxylic acids is 3. The highest BCUT2D eigenvalue weighted by Crippen LogP contribution is 2.31. The molecule has 8 heteroatoms. The predicted molar refractivity (Wildman–Crippen MR) is 118 cm³/mol. The summed E-state index contributed by atoms with van der Waals surface area (Å²) in [4.78, 5) is 38.3. The molecule has 1 aromatic heterocycles. The first kappa shape index (κ1) is 22.8. The summed E-state index contributed by atoms with van der Waals surface area (Å²) in [5, 5.41) is 9.64. The number of ether oxygens (including phenoxy) is 1. The smallest absolute Gasteiger partial charge is 0.339 e. The first-order valence-electron chi connectivity index (χ1n) is 9.69. The zero-order valence-corrected chi connectivity index (χ0v) is 18.2. The molecule has 162 valence electrons. The van der Waals surface area contributed by atoms with Gasteiger partial charge in [0.2, 0.25) is 0 Å². The molecule has 0 saturated carbocycles. The number of carbonyl (C=O) groups is 3. The third-order valence-corrected chi connectivity index (χ3v) is 5.13. The Morgan fingerprint density at radius 2 is 2.03 bits per heavy atom. The van der Waals surface area contributed by atoms with Crippen LogP contribution >= 0.6 is 11.6 Å². The molecule has 0 spiro atoms. The van der Waals surface area contributed by atoms with Crippen molar-refractivity contribution in [1.82, 2.24) is 4.90 Å². The lowest BCUT2D eigenvalue weighted by molar-refractivity contribution is -0.139. The van der Waals surface area contributed by atoms with Gasteiger partial charge in [0, 0.05) is 17.7 Å². The summed E-state index contributed by atoms with van der Waals surface area (Å²) in [5.41, 5.74) is 1.14. The van der Waals surface area contributed by atoms with Crippen LogP contribution in [0.1, 0.15) is 30.0 Å². The van der Waals surface area contributed by atoms with E-state index in [1.54, 1.807) is 44.2 Å². The lowest BCUT2D eigenvalue weighted by atomic mass is 9.94. The summed E-state index contributed by atoms with van der Waals surface area (Å²) in [6.45, 7) is 7.00. The molecule has 2 aromatic rings. The van der Waals surface area contributed by atoms with E-state index in [1.807, 2.05) is 6.07 Å². The maximum Gasteiger partial charge on any atom is 0.339 e. The number of imide groups is 1. The Kier molecular flexibility index (Phi) is 6.76. The van der Waals surface area contributed by atoms with Crippen molar-refractivity contribution in [1.29, 1.82) is 5.26 Å². The van der Waals surface area contributed by atoms with Crippen LogP contribution in [0.5, 0.6) is 0 Å². The summed E-state index contributed by atoms with van der Waals surface area (Å²) >= 11 is 6.11. The molecule has 2 heterocycles. The van der Waals surface area contributed by atoms with Crippen LogP contribution in [0.2, 0.25) is 5.02 Å². The van der Waals surface area contributed by atoms with Crippen LogP contribution < -0.4 is 0 Å². The number of hydrogen-bond acceptors (Lipinski definition) is 6. The number of amides is 2. The normalized spacial score (nSPS) is 15.2. The second-order valence-corrected chi connectivity index (χ2v) is 7.20. The van der Waals surface area contributed by atoms with Crippen molar-refractivity contribution in [2.45, 2.75) is 13.8 Å². The number of benzene rings is 1. The van der Waals surface area contributed by atoms with Crippen molar-refractivity contribution in [2.75, 3.05) is 13.2 Å². The van der Waals surface area contributed by atoms with Gasteiger partial charge in [-0.1, -0.05) is 17.7 Å². The van der Waals surface area contributed by atoms with Gasteiger partial charge < -0.3 is 9.15 Å². The molecule has 0 N–H and O–H groups in total. The quantitative estimate of drug-likeness (QED) is 0.277. The van der Waals surface area contributed by atoms with E-state index in [9.17, 15) is 19.6 Å². The summed E-state index contributed by atoms with van der Waals surface area (Å²) in [5.74, 6) is -0.970. The Morgan fingerprint density at radius 1 is 1.28 bits per heavy atom. The standard InChI is InChI=1S/C24H19ClN2O5/c1-4-10-27-22(28)17(14(3)19(13-26)23(27)29)12-16-7-9-21(32-16)15-6-8-20(25)18(11-15)24(30)31-5-2/h4,6-9,11-12H,1,5,10H2,2-3H3. The van der Waals surface area contributed by atoms with Gasteiger partial charge >= 0.3 is 5.97 Å². The zero-order valence-electron chi connectivity index (χ0n) is 17.5. The molecule has 2 amide bonds.